The molecule has 0 radical (unpaired) electrons. The van der Waals surface area contributed by atoms with Crippen LogP contribution in [-0.4, -0.2) is 17.3 Å². The minimum atomic E-state index is -0.372. The molecular formula is C20H12O4. The van der Waals surface area contributed by atoms with Gasteiger partial charge >= 0.3 is 0 Å². The monoisotopic (exact) mass is 316 g/mol. The van der Waals surface area contributed by atoms with Gasteiger partial charge in [0.15, 0.2) is 17.3 Å². The Hall–Kier alpha value is -3.27. The molecule has 3 aromatic rings. The van der Waals surface area contributed by atoms with Crippen LogP contribution in [0.1, 0.15) is 53.5 Å². The average molecular weight is 316 g/mol. The Morgan fingerprint density at radius 2 is 1.50 bits per heavy atom. The van der Waals surface area contributed by atoms with E-state index in [9.17, 15) is 14.4 Å². The summed E-state index contributed by atoms with van der Waals surface area (Å²) in [4.78, 5) is 38.0. The van der Waals surface area contributed by atoms with E-state index >= 15 is 0 Å². The number of furan rings is 1. The van der Waals surface area contributed by atoms with Crippen LogP contribution >= 0.6 is 0 Å². The van der Waals surface area contributed by atoms with E-state index in [1.807, 2.05) is 19.1 Å². The third-order valence-corrected chi connectivity index (χ3v) is 4.20. The molecule has 0 spiro atoms. The summed E-state index contributed by atoms with van der Waals surface area (Å²) < 4.78 is 5.30. The Morgan fingerprint density at radius 1 is 0.875 bits per heavy atom. The lowest BCUT2D eigenvalue weighted by Crippen LogP contribution is -2.21. The van der Waals surface area contributed by atoms with Crippen molar-refractivity contribution in [1.29, 1.82) is 0 Å². The van der Waals surface area contributed by atoms with Crippen LogP contribution in [0.4, 0.5) is 0 Å². The van der Waals surface area contributed by atoms with Crippen LogP contribution < -0.4 is 0 Å². The van der Waals surface area contributed by atoms with Crippen molar-refractivity contribution in [2.75, 3.05) is 0 Å². The lowest BCUT2D eigenvalue weighted by Gasteiger charge is -2.13. The van der Waals surface area contributed by atoms with Crippen molar-refractivity contribution in [2.45, 2.75) is 6.92 Å². The Kier molecular flexibility index (Phi) is 3.06. The van der Waals surface area contributed by atoms with Gasteiger partial charge in [0.05, 0.1) is 11.1 Å². The first-order valence-corrected chi connectivity index (χ1v) is 7.49. The highest BCUT2D eigenvalue weighted by Crippen LogP contribution is 2.31. The molecule has 0 atom stereocenters. The van der Waals surface area contributed by atoms with Crippen LogP contribution in [0.25, 0.3) is 0 Å². The Balaban J connectivity index is 1.86. The van der Waals surface area contributed by atoms with Crippen LogP contribution in [0.5, 0.6) is 0 Å². The Labute approximate surface area is 137 Å². The quantitative estimate of drug-likeness (QED) is 0.530. The molecule has 24 heavy (non-hydrogen) atoms. The van der Waals surface area contributed by atoms with Gasteiger partial charge in [0.2, 0.25) is 5.78 Å². The average Bonchev–Trinajstić information content (AvgIpc) is 3.05. The zero-order chi connectivity index (χ0) is 16.8. The zero-order valence-electron chi connectivity index (χ0n) is 12.8. The number of hydrogen-bond acceptors (Lipinski definition) is 4. The number of hydrogen-bond donors (Lipinski definition) is 0. The zero-order valence-corrected chi connectivity index (χ0v) is 12.8. The van der Waals surface area contributed by atoms with Gasteiger partial charge in [-0.3, -0.25) is 14.4 Å². The van der Waals surface area contributed by atoms with E-state index in [0.717, 1.165) is 5.56 Å². The number of rotatable bonds is 2. The highest BCUT2D eigenvalue weighted by atomic mass is 16.3. The van der Waals surface area contributed by atoms with Gasteiger partial charge in [-0.25, -0.2) is 0 Å². The van der Waals surface area contributed by atoms with E-state index in [2.05, 4.69) is 0 Å². The predicted octanol–water partition coefficient (Wildman–Crippen LogP) is 3.59. The summed E-state index contributed by atoms with van der Waals surface area (Å²) in [5.41, 5.74) is 2.27. The second kappa shape index (κ2) is 5.13. The minimum absolute atomic E-state index is 0.0595. The second-order valence-corrected chi connectivity index (χ2v) is 5.75. The topological polar surface area (TPSA) is 64.3 Å². The molecule has 0 fully saturated rings. The predicted molar refractivity (Wildman–Crippen MR) is 86.6 cm³/mol. The summed E-state index contributed by atoms with van der Waals surface area (Å²) in [7, 11) is 0. The van der Waals surface area contributed by atoms with Crippen LogP contribution in [0.15, 0.2) is 59.2 Å². The molecule has 4 nitrogen and oxygen atoms in total. The molecule has 1 aliphatic rings. The van der Waals surface area contributed by atoms with Gasteiger partial charge in [-0.2, -0.15) is 0 Å². The van der Waals surface area contributed by atoms with Crippen molar-refractivity contribution in [1.82, 2.24) is 0 Å². The molecule has 0 unspecified atom stereocenters. The molecule has 116 valence electrons. The van der Waals surface area contributed by atoms with Crippen molar-refractivity contribution in [3.05, 3.63) is 93.9 Å². The van der Waals surface area contributed by atoms with Gasteiger partial charge in [0.25, 0.3) is 0 Å². The van der Waals surface area contributed by atoms with Crippen LogP contribution in [0.3, 0.4) is 0 Å². The van der Waals surface area contributed by atoms with Crippen LogP contribution in [0, 0.1) is 6.92 Å². The number of ketones is 3. The second-order valence-electron chi connectivity index (χ2n) is 5.75. The number of fused-ring (bicyclic) bond motifs is 2. The third kappa shape index (κ3) is 1.97. The van der Waals surface area contributed by atoms with E-state index in [1.54, 1.807) is 36.4 Å². The molecule has 0 amide bonds. The minimum Gasteiger partial charge on any atom is -0.459 e. The van der Waals surface area contributed by atoms with Crippen molar-refractivity contribution in [2.24, 2.45) is 0 Å². The fourth-order valence-corrected chi connectivity index (χ4v) is 2.91. The van der Waals surface area contributed by atoms with E-state index in [0.29, 0.717) is 16.7 Å². The molecule has 2 aromatic carbocycles. The molecule has 0 saturated heterocycles. The highest BCUT2D eigenvalue weighted by Gasteiger charge is 2.36. The van der Waals surface area contributed by atoms with Gasteiger partial charge in [0, 0.05) is 16.7 Å². The van der Waals surface area contributed by atoms with Gasteiger partial charge in [0.1, 0.15) is 6.26 Å². The first-order valence-electron chi connectivity index (χ1n) is 7.49. The van der Waals surface area contributed by atoms with Gasteiger partial charge < -0.3 is 4.42 Å². The normalized spacial score (nSPS) is 12.7. The maximum atomic E-state index is 12.8. The van der Waals surface area contributed by atoms with E-state index in [1.165, 1.54) is 6.26 Å². The summed E-state index contributed by atoms with van der Waals surface area (Å²) in [6, 6.07) is 13.6. The molecule has 0 bridgehead atoms. The maximum Gasteiger partial charge on any atom is 0.229 e. The number of benzene rings is 2. The molecular weight excluding hydrogens is 304 g/mol. The van der Waals surface area contributed by atoms with Gasteiger partial charge in [-0.05, 0) is 6.92 Å². The molecule has 0 saturated carbocycles. The number of aryl methyl sites for hydroxylation is 1. The summed E-state index contributed by atoms with van der Waals surface area (Å²) in [6.07, 6.45) is 1.20. The summed E-state index contributed by atoms with van der Waals surface area (Å²) >= 11 is 0. The largest absolute Gasteiger partial charge is 0.459 e. The smallest absolute Gasteiger partial charge is 0.229 e. The fourth-order valence-electron chi connectivity index (χ4n) is 2.91. The Bertz CT molecular complexity index is 1010. The van der Waals surface area contributed by atoms with Gasteiger partial charge in [-0.15, -0.1) is 0 Å². The first kappa shape index (κ1) is 14.3. The van der Waals surface area contributed by atoms with Crippen LogP contribution in [0.2, 0.25) is 0 Å². The molecule has 0 N–H and O–H groups in total. The van der Waals surface area contributed by atoms with E-state index in [4.69, 9.17) is 4.42 Å². The SMILES string of the molecule is Cc1ccc(C(=O)c2coc3c2C(=O)c2ccccc2C3=O)cc1. The Morgan fingerprint density at radius 3 is 2.17 bits per heavy atom. The highest BCUT2D eigenvalue weighted by molar-refractivity contribution is 6.31. The summed E-state index contributed by atoms with van der Waals surface area (Å²) in [6.45, 7) is 1.92. The lowest BCUT2D eigenvalue weighted by molar-refractivity contribution is 0.0958. The third-order valence-electron chi connectivity index (χ3n) is 4.20. The molecule has 4 heteroatoms. The van der Waals surface area contributed by atoms with Gasteiger partial charge in [-0.1, -0.05) is 54.1 Å². The molecule has 1 heterocycles. The lowest BCUT2D eigenvalue weighted by atomic mass is 9.85. The molecule has 0 aliphatic heterocycles. The summed E-state index contributed by atoms with van der Waals surface area (Å²) in [5.74, 6) is -1.12. The van der Waals surface area contributed by atoms with E-state index < -0.39 is 0 Å². The van der Waals surface area contributed by atoms with Crippen molar-refractivity contribution < 1.29 is 18.8 Å². The first-order chi connectivity index (χ1) is 11.6. The maximum absolute atomic E-state index is 12.8. The number of carbonyl (C=O) groups is 3. The molecule has 1 aromatic heterocycles. The molecule has 1 aliphatic carbocycles. The van der Waals surface area contributed by atoms with E-state index in [-0.39, 0.29) is 34.2 Å². The van der Waals surface area contributed by atoms with Crippen molar-refractivity contribution in [3.8, 4) is 0 Å². The standard InChI is InChI=1S/C20H12O4/c1-11-6-8-12(9-7-11)17(21)15-10-24-20-16(15)18(22)13-4-2-3-5-14(13)19(20)23/h2-10H,1H3. The summed E-state index contributed by atoms with van der Waals surface area (Å²) in [5, 5.41) is 0. The van der Waals surface area contributed by atoms with Crippen molar-refractivity contribution in [3.63, 3.8) is 0 Å². The number of carbonyl (C=O) groups excluding carboxylic acids is 3. The fraction of sp³-hybridized carbons (Fsp3) is 0.0500. The van der Waals surface area contributed by atoms with Crippen molar-refractivity contribution >= 4 is 17.3 Å². The molecule has 4 rings (SSSR count). The van der Waals surface area contributed by atoms with Crippen LogP contribution in [-0.2, 0) is 0 Å².